The predicted octanol–water partition coefficient (Wildman–Crippen LogP) is -0.759. The Labute approximate surface area is 212 Å². The normalized spacial score (nSPS) is 24.4. The highest BCUT2D eigenvalue weighted by Crippen LogP contribution is 2.22. The highest BCUT2D eigenvalue weighted by molar-refractivity contribution is 4.89. The van der Waals surface area contributed by atoms with E-state index in [4.69, 9.17) is 33.5 Å². The number of ether oxygens (including phenoxy) is 6. The molecule has 1 aliphatic rings. The molecule has 1 saturated heterocycles. The molecule has 0 amide bonds. The van der Waals surface area contributed by atoms with Crippen LogP contribution in [-0.4, -0.2) is 126 Å². The van der Waals surface area contributed by atoms with Crippen LogP contribution >= 0.6 is 0 Å². The summed E-state index contributed by atoms with van der Waals surface area (Å²) in [4.78, 5) is 0. The topological polar surface area (TPSA) is 167 Å². The summed E-state index contributed by atoms with van der Waals surface area (Å²) in [6.45, 7) is 6.40. The number of nitrogens with zero attached hydrogens (tertiary/aromatic N) is 3. The maximum absolute atomic E-state index is 9.92. The van der Waals surface area contributed by atoms with Gasteiger partial charge in [-0.15, -0.1) is 5.10 Å². The highest BCUT2D eigenvalue weighted by atomic mass is 16.7. The number of aliphatic hydroxyl groups is 4. The lowest BCUT2D eigenvalue weighted by atomic mass is 10.0. The molecule has 1 aromatic rings. The van der Waals surface area contributed by atoms with Crippen LogP contribution in [-0.2, 0) is 41.6 Å². The van der Waals surface area contributed by atoms with Gasteiger partial charge >= 0.3 is 0 Å². The van der Waals surface area contributed by atoms with Gasteiger partial charge in [-0.2, -0.15) is 0 Å². The SMILES string of the molecule is CC1O[C@@H](OCCCCCCOCc2cn(CCOCCOCCOCCO)nn2)C(O)[C@@H](O)[C@@H]1O. The molecule has 2 rings (SSSR count). The molecule has 36 heavy (non-hydrogen) atoms. The maximum Gasteiger partial charge on any atom is 0.186 e. The van der Waals surface area contributed by atoms with E-state index in [0.717, 1.165) is 31.4 Å². The number of hydrogen-bond donors (Lipinski definition) is 4. The van der Waals surface area contributed by atoms with Crippen LogP contribution in [0.2, 0.25) is 0 Å². The number of aliphatic hydroxyl groups excluding tert-OH is 4. The lowest BCUT2D eigenvalue weighted by Crippen LogP contribution is -2.57. The zero-order chi connectivity index (χ0) is 26.0. The summed E-state index contributed by atoms with van der Waals surface area (Å²) >= 11 is 0. The molecule has 1 aromatic heterocycles. The van der Waals surface area contributed by atoms with Crippen molar-refractivity contribution < 1.29 is 48.8 Å². The van der Waals surface area contributed by atoms with Crippen molar-refractivity contribution in [1.29, 1.82) is 0 Å². The van der Waals surface area contributed by atoms with Crippen molar-refractivity contribution in [3.8, 4) is 0 Å². The summed E-state index contributed by atoms with van der Waals surface area (Å²) < 4.78 is 34.3. The van der Waals surface area contributed by atoms with E-state index in [-0.39, 0.29) is 6.61 Å². The van der Waals surface area contributed by atoms with E-state index in [0.29, 0.717) is 66.0 Å². The minimum Gasteiger partial charge on any atom is -0.394 e. The molecule has 0 radical (unpaired) electrons. The van der Waals surface area contributed by atoms with E-state index in [2.05, 4.69) is 10.3 Å². The molecule has 0 saturated carbocycles. The zero-order valence-electron chi connectivity index (χ0n) is 21.2. The molecule has 0 aliphatic carbocycles. The molecule has 0 spiro atoms. The summed E-state index contributed by atoms with van der Waals surface area (Å²) in [7, 11) is 0. The van der Waals surface area contributed by atoms with Crippen LogP contribution in [0, 0.1) is 0 Å². The van der Waals surface area contributed by atoms with Gasteiger partial charge in [-0.25, -0.2) is 4.68 Å². The Hall–Kier alpha value is -1.26. The quantitative estimate of drug-likeness (QED) is 0.150. The van der Waals surface area contributed by atoms with Crippen LogP contribution in [0.25, 0.3) is 0 Å². The fourth-order valence-electron chi connectivity index (χ4n) is 3.47. The van der Waals surface area contributed by atoms with Gasteiger partial charge in [0.05, 0.1) is 71.7 Å². The molecule has 13 heteroatoms. The van der Waals surface area contributed by atoms with E-state index in [1.807, 2.05) is 6.20 Å². The molecular weight excluding hydrogens is 478 g/mol. The summed E-state index contributed by atoms with van der Waals surface area (Å²) in [5.41, 5.74) is 0.766. The lowest BCUT2D eigenvalue weighted by Gasteiger charge is -2.38. The van der Waals surface area contributed by atoms with Gasteiger partial charge < -0.3 is 48.8 Å². The van der Waals surface area contributed by atoms with Gasteiger partial charge in [-0.1, -0.05) is 18.1 Å². The van der Waals surface area contributed by atoms with Crippen LogP contribution in [0.1, 0.15) is 38.3 Å². The van der Waals surface area contributed by atoms with Crippen molar-refractivity contribution in [1.82, 2.24) is 15.0 Å². The number of aromatic nitrogens is 3. The molecule has 1 aliphatic heterocycles. The van der Waals surface area contributed by atoms with Gasteiger partial charge in [-0.3, -0.25) is 0 Å². The summed E-state index contributed by atoms with van der Waals surface area (Å²) in [5.74, 6) is 0. The summed E-state index contributed by atoms with van der Waals surface area (Å²) in [5, 5.41) is 46.2. The van der Waals surface area contributed by atoms with E-state index in [1.165, 1.54) is 0 Å². The van der Waals surface area contributed by atoms with Gasteiger partial charge in [0.15, 0.2) is 6.29 Å². The van der Waals surface area contributed by atoms with E-state index < -0.39 is 30.7 Å². The van der Waals surface area contributed by atoms with Crippen LogP contribution in [0.5, 0.6) is 0 Å². The Morgan fingerprint density at radius 1 is 0.806 bits per heavy atom. The number of unbranched alkanes of at least 4 members (excludes halogenated alkanes) is 3. The minimum absolute atomic E-state index is 0.0160. The number of hydrogen-bond acceptors (Lipinski definition) is 12. The Bertz CT molecular complexity index is 668. The van der Waals surface area contributed by atoms with E-state index in [1.54, 1.807) is 11.6 Å². The van der Waals surface area contributed by atoms with Gasteiger partial charge in [0, 0.05) is 13.2 Å². The molecule has 2 heterocycles. The molecule has 4 N–H and O–H groups in total. The second kappa shape index (κ2) is 18.9. The Morgan fingerprint density at radius 2 is 1.47 bits per heavy atom. The number of rotatable bonds is 21. The van der Waals surface area contributed by atoms with Crippen molar-refractivity contribution in [2.24, 2.45) is 0 Å². The first kappa shape index (κ1) is 31.0. The van der Waals surface area contributed by atoms with E-state index in [9.17, 15) is 15.3 Å². The third-order valence-electron chi connectivity index (χ3n) is 5.55. The second-order valence-electron chi connectivity index (χ2n) is 8.55. The second-order valence-corrected chi connectivity index (χ2v) is 8.55. The summed E-state index contributed by atoms with van der Waals surface area (Å²) in [6.07, 6.45) is 0.270. The first-order valence-corrected chi connectivity index (χ1v) is 12.6. The third kappa shape index (κ3) is 12.3. The van der Waals surface area contributed by atoms with Crippen LogP contribution in [0.3, 0.4) is 0 Å². The average Bonchev–Trinajstić information content (AvgIpc) is 3.33. The van der Waals surface area contributed by atoms with E-state index >= 15 is 0 Å². The molecule has 210 valence electrons. The predicted molar refractivity (Wildman–Crippen MR) is 126 cm³/mol. The Kier molecular flexibility index (Phi) is 16.3. The fraction of sp³-hybridized carbons (Fsp3) is 0.913. The molecule has 5 atom stereocenters. The molecule has 0 aromatic carbocycles. The van der Waals surface area contributed by atoms with Crippen LogP contribution < -0.4 is 0 Å². The minimum atomic E-state index is -1.27. The van der Waals surface area contributed by atoms with Crippen molar-refractivity contribution in [2.45, 2.75) is 76.5 Å². The van der Waals surface area contributed by atoms with Crippen LogP contribution in [0.15, 0.2) is 6.20 Å². The average molecular weight is 522 g/mol. The first-order valence-electron chi connectivity index (χ1n) is 12.6. The zero-order valence-corrected chi connectivity index (χ0v) is 21.2. The molecule has 1 fully saturated rings. The lowest BCUT2D eigenvalue weighted by molar-refractivity contribution is -0.293. The van der Waals surface area contributed by atoms with Gasteiger partial charge in [-0.05, 0) is 19.8 Å². The monoisotopic (exact) mass is 521 g/mol. The van der Waals surface area contributed by atoms with Gasteiger partial charge in [0.1, 0.15) is 24.0 Å². The van der Waals surface area contributed by atoms with Crippen LogP contribution in [0.4, 0.5) is 0 Å². The van der Waals surface area contributed by atoms with Gasteiger partial charge in [0.2, 0.25) is 0 Å². The molecular formula is C23H43N3O10. The molecule has 0 bridgehead atoms. The smallest absolute Gasteiger partial charge is 0.186 e. The summed E-state index contributed by atoms with van der Waals surface area (Å²) in [6, 6.07) is 0. The maximum atomic E-state index is 9.92. The highest BCUT2D eigenvalue weighted by Gasteiger charge is 2.42. The van der Waals surface area contributed by atoms with Gasteiger partial charge in [0.25, 0.3) is 0 Å². The van der Waals surface area contributed by atoms with Crippen molar-refractivity contribution in [3.63, 3.8) is 0 Å². The molecule has 2 unspecified atom stereocenters. The Balaban J connectivity index is 1.39. The van der Waals surface area contributed by atoms with Crippen molar-refractivity contribution in [3.05, 3.63) is 11.9 Å². The third-order valence-corrected chi connectivity index (χ3v) is 5.55. The molecule has 13 nitrogen and oxygen atoms in total. The Morgan fingerprint density at radius 3 is 2.19 bits per heavy atom. The standard InChI is InChI=1S/C23H43N3O10/c1-18-20(28)21(29)22(30)23(36-18)35-9-5-3-2-4-8-34-17-19-16-26(25-24-19)6-10-31-12-14-33-15-13-32-11-7-27/h16,18,20-23,27-30H,2-15,17H2,1H3/t18?,20-,21+,22?,23-/m1/s1. The first-order chi connectivity index (χ1) is 17.5. The van der Waals surface area contributed by atoms with Crippen molar-refractivity contribution >= 4 is 0 Å². The largest absolute Gasteiger partial charge is 0.394 e. The van der Waals surface area contributed by atoms with Crippen molar-refractivity contribution in [2.75, 3.05) is 59.5 Å². The fourth-order valence-corrected chi connectivity index (χ4v) is 3.47.